The number of carbonyl (C=O) groups is 2. The standard InChI is InChI=1S/C19H19F2N5O2/c1-24-15-10-22-16(9-12-13(20)5-4-6-14(12)21)23-18(15)26(17(24)11-27)19(28)25-7-2-3-8-25/h4-6,10-11,17H,2-3,7-9H2,1H3. The summed E-state index contributed by atoms with van der Waals surface area (Å²) in [5.74, 6) is -0.922. The van der Waals surface area contributed by atoms with Gasteiger partial charge in [-0.2, -0.15) is 0 Å². The van der Waals surface area contributed by atoms with Crippen LogP contribution in [0.3, 0.4) is 0 Å². The van der Waals surface area contributed by atoms with Crippen LogP contribution >= 0.6 is 0 Å². The third-order valence-corrected chi connectivity index (χ3v) is 5.17. The number of hydrogen-bond donors (Lipinski definition) is 0. The summed E-state index contributed by atoms with van der Waals surface area (Å²) in [6.07, 6.45) is 2.98. The van der Waals surface area contributed by atoms with Crippen LogP contribution in [-0.4, -0.2) is 53.5 Å². The van der Waals surface area contributed by atoms with Gasteiger partial charge in [-0.25, -0.2) is 28.4 Å². The Hall–Kier alpha value is -3.10. The third kappa shape index (κ3) is 2.96. The highest BCUT2D eigenvalue weighted by molar-refractivity contribution is 6.02. The van der Waals surface area contributed by atoms with E-state index in [9.17, 15) is 18.4 Å². The fraction of sp³-hybridized carbons (Fsp3) is 0.368. The number of benzene rings is 1. The first-order valence-electron chi connectivity index (χ1n) is 9.06. The van der Waals surface area contributed by atoms with Gasteiger partial charge in [0.25, 0.3) is 0 Å². The molecule has 0 bridgehead atoms. The summed E-state index contributed by atoms with van der Waals surface area (Å²) >= 11 is 0. The Kier molecular flexibility index (Phi) is 4.66. The lowest BCUT2D eigenvalue weighted by Gasteiger charge is -2.28. The van der Waals surface area contributed by atoms with Crippen molar-refractivity contribution in [2.45, 2.75) is 25.4 Å². The zero-order valence-corrected chi connectivity index (χ0v) is 15.3. The maximum Gasteiger partial charge on any atom is 0.327 e. The number of fused-ring (bicyclic) bond motifs is 1. The Bertz CT molecular complexity index is 912. The summed E-state index contributed by atoms with van der Waals surface area (Å²) < 4.78 is 28.0. The van der Waals surface area contributed by atoms with Gasteiger partial charge in [0.15, 0.2) is 18.3 Å². The first-order valence-corrected chi connectivity index (χ1v) is 9.06. The van der Waals surface area contributed by atoms with E-state index in [1.54, 1.807) is 16.8 Å². The highest BCUT2D eigenvalue weighted by Crippen LogP contribution is 2.37. The number of likely N-dealkylation sites (N-methyl/N-ethyl adjacent to an activating group) is 1. The van der Waals surface area contributed by atoms with Gasteiger partial charge < -0.3 is 9.80 Å². The maximum absolute atomic E-state index is 14.0. The molecule has 0 N–H and O–H groups in total. The van der Waals surface area contributed by atoms with E-state index in [1.165, 1.54) is 29.3 Å². The number of rotatable bonds is 3. The molecule has 9 heteroatoms. The van der Waals surface area contributed by atoms with E-state index >= 15 is 0 Å². The molecule has 0 saturated carbocycles. The van der Waals surface area contributed by atoms with Crippen LogP contribution in [0.25, 0.3) is 0 Å². The lowest BCUT2D eigenvalue weighted by atomic mass is 10.1. The molecule has 2 aliphatic rings. The highest BCUT2D eigenvalue weighted by Gasteiger charge is 2.41. The van der Waals surface area contributed by atoms with Gasteiger partial charge in [-0.1, -0.05) is 6.07 Å². The molecule has 2 amide bonds. The minimum atomic E-state index is -0.835. The first-order chi connectivity index (χ1) is 13.5. The Labute approximate surface area is 160 Å². The molecule has 1 aromatic heterocycles. The van der Waals surface area contributed by atoms with E-state index < -0.39 is 17.8 Å². The zero-order chi connectivity index (χ0) is 19.8. The van der Waals surface area contributed by atoms with Crippen molar-refractivity contribution in [2.75, 3.05) is 29.9 Å². The first kappa shape index (κ1) is 18.3. The molecule has 4 rings (SSSR count). The summed E-state index contributed by atoms with van der Waals surface area (Å²) in [6.45, 7) is 1.25. The number of anilines is 2. The molecule has 1 atom stereocenters. The second-order valence-electron chi connectivity index (χ2n) is 6.88. The fourth-order valence-electron chi connectivity index (χ4n) is 3.63. The molecular weight excluding hydrogens is 368 g/mol. The lowest BCUT2D eigenvalue weighted by molar-refractivity contribution is -0.108. The highest BCUT2D eigenvalue weighted by atomic mass is 19.1. The van der Waals surface area contributed by atoms with E-state index in [0.29, 0.717) is 25.1 Å². The van der Waals surface area contributed by atoms with Gasteiger partial charge >= 0.3 is 6.03 Å². The zero-order valence-electron chi connectivity index (χ0n) is 15.3. The summed E-state index contributed by atoms with van der Waals surface area (Å²) in [7, 11) is 1.68. The van der Waals surface area contributed by atoms with Crippen molar-refractivity contribution < 1.29 is 18.4 Å². The van der Waals surface area contributed by atoms with Crippen LogP contribution in [0.15, 0.2) is 24.4 Å². The molecule has 146 valence electrons. The lowest BCUT2D eigenvalue weighted by Crippen LogP contribution is -2.51. The normalized spacial score (nSPS) is 18.5. The second-order valence-corrected chi connectivity index (χ2v) is 6.88. The Balaban J connectivity index is 1.71. The minimum Gasteiger partial charge on any atom is -0.344 e. The smallest absolute Gasteiger partial charge is 0.327 e. The second kappa shape index (κ2) is 7.14. The van der Waals surface area contributed by atoms with E-state index in [4.69, 9.17) is 0 Å². The minimum absolute atomic E-state index is 0.141. The van der Waals surface area contributed by atoms with Crippen LogP contribution in [0.1, 0.15) is 24.2 Å². The van der Waals surface area contributed by atoms with Crippen molar-refractivity contribution in [3.8, 4) is 0 Å². The Morgan fingerprint density at radius 2 is 1.93 bits per heavy atom. The van der Waals surface area contributed by atoms with Crippen LogP contribution in [0.4, 0.5) is 25.1 Å². The largest absolute Gasteiger partial charge is 0.344 e. The van der Waals surface area contributed by atoms with Crippen molar-refractivity contribution in [3.05, 3.63) is 47.4 Å². The monoisotopic (exact) mass is 387 g/mol. The van der Waals surface area contributed by atoms with Gasteiger partial charge in [0.1, 0.15) is 23.1 Å². The molecule has 3 heterocycles. The predicted molar refractivity (Wildman–Crippen MR) is 98.1 cm³/mol. The quantitative estimate of drug-likeness (QED) is 0.757. The van der Waals surface area contributed by atoms with Crippen molar-refractivity contribution in [1.29, 1.82) is 0 Å². The van der Waals surface area contributed by atoms with Crippen molar-refractivity contribution >= 4 is 23.8 Å². The average molecular weight is 387 g/mol. The Morgan fingerprint density at radius 1 is 1.25 bits per heavy atom. The molecular formula is C19H19F2N5O2. The molecule has 28 heavy (non-hydrogen) atoms. The third-order valence-electron chi connectivity index (χ3n) is 5.17. The van der Waals surface area contributed by atoms with Gasteiger partial charge in [0.2, 0.25) is 0 Å². The maximum atomic E-state index is 14.0. The Morgan fingerprint density at radius 3 is 2.57 bits per heavy atom. The molecule has 0 spiro atoms. The predicted octanol–water partition coefficient (Wildman–Crippen LogP) is 2.34. The molecule has 0 aliphatic carbocycles. The number of amides is 2. The molecule has 0 radical (unpaired) electrons. The molecule has 2 aliphatic heterocycles. The van der Waals surface area contributed by atoms with E-state index in [2.05, 4.69) is 9.97 Å². The number of aldehydes is 1. The van der Waals surface area contributed by atoms with E-state index in [0.717, 1.165) is 12.8 Å². The van der Waals surface area contributed by atoms with Gasteiger partial charge in [-0.3, -0.25) is 4.79 Å². The van der Waals surface area contributed by atoms with Gasteiger partial charge in [-0.05, 0) is 25.0 Å². The number of aromatic nitrogens is 2. The van der Waals surface area contributed by atoms with Crippen molar-refractivity contribution in [3.63, 3.8) is 0 Å². The molecule has 1 saturated heterocycles. The number of urea groups is 1. The van der Waals surface area contributed by atoms with E-state index in [1.807, 2.05) is 0 Å². The van der Waals surface area contributed by atoms with Crippen molar-refractivity contribution in [1.82, 2.24) is 14.9 Å². The molecule has 1 fully saturated rings. The van der Waals surface area contributed by atoms with Crippen LogP contribution in [0.2, 0.25) is 0 Å². The molecule has 2 aromatic rings. The van der Waals surface area contributed by atoms with Crippen LogP contribution < -0.4 is 9.80 Å². The summed E-state index contributed by atoms with van der Waals surface area (Å²) in [5.41, 5.74) is 0.376. The van der Waals surface area contributed by atoms with Crippen LogP contribution in [0.5, 0.6) is 0 Å². The van der Waals surface area contributed by atoms with E-state index in [-0.39, 0.29) is 29.7 Å². The number of nitrogens with zero attached hydrogens (tertiary/aromatic N) is 5. The van der Waals surface area contributed by atoms with Crippen LogP contribution in [0, 0.1) is 11.6 Å². The SMILES string of the molecule is CN1c2cnc(Cc3c(F)cccc3F)nc2N(C(=O)N2CCCC2)C1C=O. The summed E-state index contributed by atoms with van der Waals surface area (Å²) in [4.78, 5) is 37.9. The molecule has 1 aromatic carbocycles. The number of halogens is 2. The summed E-state index contributed by atoms with van der Waals surface area (Å²) in [5, 5.41) is 0. The van der Waals surface area contributed by atoms with Gasteiger partial charge in [0, 0.05) is 32.1 Å². The van der Waals surface area contributed by atoms with Gasteiger partial charge in [0.05, 0.1) is 6.20 Å². The van der Waals surface area contributed by atoms with Crippen molar-refractivity contribution in [2.24, 2.45) is 0 Å². The fourth-order valence-corrected chi connectivity index (χ4v) is 3.63. The number of likely N-dealkylation sites (tertiary alicyclic amines) is 1. The number of carbonyl (C=O) groups excluding carboxylic acids is 2. The molecule has 7 nitrogen and oxygen atoms in total. The summed E-state index contributed by atoms with van der Waals surface area (Å²) in [6, 6.07) is 3.33. The average Bonchev–Trinajstić information content (AvgIpc) is 3.31. The molecule has 1 unspecified atom stereocenters. The van der Waals surface area contributed by atoms with Gasteiger partial charge in [-0.15, -0.1) is 0 Å². The van der Waals surface area contributed by atoms with Crippen LogP contribution in [-0.2, 0) is 11.2 Å². The topological polar surface area (TPSA) is 69.6 Å². The number of hydrogen-bond acceptors (Lipinski definition) is 5.